The molecule has 0 unspecified atom stereocenters. The Morgan fingerprint density at radius 2 is 1.92 bits per heavy atom. The average Bonchev–Trinajstić information content (AvgIpc) is 3.09. The molecule has 4 nitrogen and oxygen atoms in total. The number of benzene rings is 2. The second-order valence-corrected chi connectivity index (χ2v) is 7.28. The molecule has 2 aromatic carbocycles. The Morgan fingerprint density at radius 1 is 1.15 bits per heavy atom. The zero-order valence-electron chi connectivity index (χ0n) is 13.5. The third-order valence-corrected chi connectivity index (χ3v) is 5.64. The van der Waals surface area contributed by atoms with E-state index in [2.05, 4.69) is 5.32 Å². The monoisotopic (exact) mass is 386 g/mol. The maximum atomic E-state index is 13.2. The van der Waals surface area contributed by atoms with Crippen molar-refractivity contribution >= 4 is 55.5 Å². The summed E-state index contributed by atoms with van der Waals surface area (Å²) in [6, 6.07) is 13.1. The summed E-state index contributed by atoms with van der Waals surface area (Å²) >= 11 is 7.00. The maximum absolute atomic E-state index is 13.2. The van der Waals surface area contributed by atoms with Crippen LogP contribution in [0.4, 0.5) is 10.1 Å². The first-order chi connectivity index (χ1) is 12.5. The van der Waals surface area contributed by atoms with Crippen LogP contribution in [0.15, 0.2) is 53.3 Å². The van der Waals surface area contributed by atoms with Gasteiger partial charge in [-0.15, -0.1) is 11.3 Å². The number of hydrogen-bond donors (Lipinski definition) is 1. The lowest BCUT2D eigenvalue weighted by molar-refractivity contribution is 0.103. The van der Waals surface area contributed by atoms with Crippen LogP contribution in [0.1, 0.15) is 9.67 Å². The molecule has 0 saturated heterocycles. The van der Waals surface area contributed by atoms with Crippen LogP contribution in [-0.2, 0) is 7.05 Å². The van der Waals surface area contributed by atoms with Gasteiger partial charge in [-0.05, 0) is 30.3 Å². The van der Waals surface area contributed by atoms with E-state index in [1.165, 1.54) is 29.5 Å². The van der Waals surface area contributed by atoms with Crippen molar-refractivity contribution in [3.05, 3.63) is 74.6 Å². The Balaban J connectivity index is 1.81. The van der Waals surface area contributed by atoms with Crippen LogP contribution in [-0.4, -0.2) is 10.5 Å². The first kappa shape index (κ1) is 16.8. The van der Waals surface area contributed by atoms with Crippen LogP contribution in [0.5, 0.6) is 0 Å². The van der Waals surface area contributed by atoms with Crippen LogP contribution >= 0.6 is 22.9 Å². The number of hydrogen-bond acceptors (Lipinski definition) is 3. The molecular weight excluding hydrogens is 375 g/mol. The van der Waals surface area contributed by atoms with Crippen molar-refractivity contribution in [3.63, 3.8) is 0 Å². The number of para-hydroxylation sites is 1. The molecule has 2 heterocycles. The van der Waals surface area contributed by atoms with E-state index >= 15 is 0 Å². The number of anilines is 1. The fourth-order valence-corrected chi connectivity index (χ4v) is 4.14. The number of thiophene rings is 1. The minimum Gasteiger partial charge on any atom is -0.321 e. The molecule has 4 rings (SSSR count). The first-order valence-corrected chi connectivity index (χ1v) is 8.93. The van der Waals surface area contributed by atoms with Gasteiger partial charge in [0.1, 0.15) is 5.82 Å². The number of aryl methyl sites for hydroxylation is 1. The fourth-order valence-electron chi connectivity index (χ4n) is 2.88. The largest absolute Gasteiger partial charge is 0.321 e. The van der Waals surface area contributed by atoms with Gasteiger partial charge in [0.2, 0.25) is 0 Å². The van der Waals surface area contributed by atoms with E-state index in [-0.39, 0.29) is 16.5 Å². The highest BCUT2D eigenvalue weighted by molar-refractivity contribution is 7.21. The molecular formula is C19H12ClFN2O2S. The van der Waals surface area contributed by atoms with Gasteiger partial charge in [0, 0.05) is 22.8 Å². The van der Waals surface area contributed by atoms with E-state index in [4.69, 9.17) is 11.6 Å². The summed E-state index contributed by atoms with van der Waals surface area (Å²) in [7, 11) is 1.71. The summed E-state index contributed by atoms with van der Waals surface area (Å²) < 4.78 is 15.6. The minimum absolute atomic E-state index is 0.0704. The Hall–Kier alpha value is -2.70. The number of carbonyl (C=O) groups excluding carboxylic acids is 1. The summed E-state index contributed by atoms with van der Waals surface area (Å²) in [6.07, 6.45) is 0. The standard InChI is InChI=1S/C19H12ClFN2O2S/c1-23-15-5-3-2-4-11(15)17-12(19(23)25)9-16(26-17)18(24)22-10-6-7-14(21)13(20)8-10/h2-9H,1H3,(H,22,24). The van der Waals surface area contributed by atoms with Gasteiger partial charge < -0.3 is 9.88 Å². The molecule has 0 radical (unpaired) electrons. The number of pyridine rings is 1. The van der Waals surface area contributed by atoms with Gasteiger partial charge in [-0.2, -0.15) is 0 Å². The summed E-state index contributed by atoms with van der Waals surface area (Å²) in [4.78, 5) is 25.6. The Kier molecular flexibility index (Phi) is 4.01. The highest BCUT2D eigenvalue weighted by atomic mass is 35.5. The molecule has 7 heteroatoms. The number of halogens is 2. The number of aromatic nitrogens is 1. The molecule has 0 aliphatic rings. The van der Waals surface area contributed by atoms with E-state index < -0.39 is 5.82 Å². The zero-order valence-corrected chi connectivity index (χ0v) is 15.1. The van der Waals surface area contributed by atoms with Crippen molar-refractivity contribution in [2.75, 3.05) is 5.32 Å². The van der Waals surface area contributed by atoms with Gasteiger partial charge in [-0.25, -0.2) is 4.39 Å². The molecule has 0 aliphatic heterocycles. The highest BCUT2D eigenvalue weighted by Gasteiger charge is 2.16. The summed E-state index contributed by atoms with van der Waals surface area (Å²) in [6.45, 7) is 0. The lowest BCUT2D eigenvalue weighted by Gasteiger charge is -2.05. The molecule has 0 spiro atoms. The molecule has 0 aliphatic carbocycles. The van der Waals surface area contributed by atoms with Crippen molar-refractivity contribution in [2.24, 2.45) is 7.05 Å². The van der Waals surface area contributed by atoms with Crippen LogP contribution in [0.2, 0.25) is 5.02 Å². The molecule has 4 aromatic rings. The van der Waals surface area contributed by atoms with Crippen molar-refractivity contribution < 1.29 is 9.18 Å². The molecule has 1 N–H and O–H groups in total. The Labute approximate surface area is 156 Å². The second-order valence-electron chi connectivity index (χ2n) is 5.82. The number of nitrogens with zero attached hydrogens (tertiary/aromatic N) is 1. The topological polar surface area (TPSA) is 51.1 Å². The highest BCUT2D eigenvalue weighted by Crippen LogP contribution is 2.31. The smallest absolute Gasteiger partial charge is 0.265 e. The molecule has 0 fully saturated rings. The predicted octanol–water partition coefficient (Wildman–Crippen LogP) is 4.80. The lowest BCUT2D eigenvalue weighted by atomic mass is 10.2. The summed E-state index contributed by atoms with van der Waals surface area (Å²) in [5, 5.41) is 4.02. The van der Waals surface area contributed by atoms with E-state index in [0.717, 1.165) is 15.6 Å². The SMILES string of the molecule is Cn1c(=O)c2cc(C(=O)Nc3ccc(F)c(Cl)c3)sc2c2ccccc21. The summed E-state index contributed by atoms with van der Waals surface area (Å²) in [5.41, 5.74) is 1.04. The van der Waals surface area contributed by atoms with Crippen LogP contribution in [0.25, 0.3) is 21.0 Å². The normalized spacial score (nSPS) is 11.2. The molecule has 130 valence electrons. The molecule has 0 bridgehead atoms. The van der Waals surface area contributed by atoms with Gasteiger partial charge in [0.25, 0.3) is 11.5 Å². The third kappa shape index (κ3) is 2.67. The quantitative estimate of drug-likeness (QED) is 0.538. The molecule has 0 saturated carbocycles. The van der Waals surface area contributed by atoms with Gasteiger partial charge in [0.15, 0.2) is 0 Å². The average molecular weight is 387 g/mol. The van der Waals surface area contributed by atoms with Gasteiger partial charge in [-0.1, -0.05) is 29.8 Å². The zero-order chi connectivity index (χ0) is 18.4. The molecule has 26 heavy (non-hydrogen) atoms. The van der Waals surface area contributed by atoms with Crippen LogP contribution in [0.3, 0.4) is 0 Å². The van der Waals surface area contributed by atoms with Gasteiger partial charge in [0.05, 0.1) is 20.8 Å². The maximum Gasteiger partial charge on any atom is 0.265 e. The van der Waals surface area contributed by atoms with E-state index in [1.807, 2.05) is 24.3 Å². The first-order valence-electron chi connectivity index (χ1n) is 7.73. The number of fused-ring (bicyclic) bond motifs is 3. The minimum atomic E-state index is -0.554. The Bertz CT molecular complexity index is 1250. The van der Waals surface area contributed by atoms with Crippen molar-refractivity contribution in [1.29, 1.82) is 0 Å². The van der Waals surface area contributed by atoms with Gasteiger partial charge >= 0.3 is 0 Å². The van der Waals surface area contributed by atoms with E-state index in [9.17, 15) is 14.0 Å². The van der Waals surface area contributed by atoms with Crippen LogP contribution < -0.4 is 10.9 Å². The third-order valence-electron chi connectivity index (χ3n) is 4.18. The second kappa shape index (κ2) is 6.23. The Morgan fingerprint density at radius 3 is 2.69 bits per heavy atom. The lowest BCUT2D eigenvalue weighted by Crippen LogP contribution is -2.16. The number of nitrogens with one attached hydrogen (secondary N) is 1. The van der Waals surface area contributed by atoms with Gasteiger partial charge in [-0.3, -0.25) is 9.59 Å². The number of rotatable bonds is 2. The summed E-state index contributed by atoms with van der Waals surface area (Å²) in [5.74, 6) is -0.929. The molecule has 2 aromatic heterocycles. The molecule has 1 amide bonds. The van der Waals surface area contributed by atoms with Crippen molar-refractivity contribution in [3.8, 4) is 0 Å². The number of amides is 1. The van der Waals surface area contributed by atoms with Crippen LogP contribution in [0, 0.1) is 5.82 Å². The predicted molar refractivity (Wildman–Crippen MR) is 104 cm³/mol. The van der Waals surface area contributed by atoms with Crippen molar-refractivity contribution in [2.45, 2.75) is 0 Å². The van der Waals surface area contributed by atoms with Crippen molar-refractivity contribution in [1.82, 2.24) is 4.57 Å². The van der Waals surface area contributed by atoms with E-state index in [0.29, 0.717) is 16.0 Å². The number of carbonyl (C=O) groups is 1. The van der Waals surface area contributed by atoms with E-state index in [1.54, 1.807) is 17.7 Å². The fraction of sp³-hybridized carbons (Fsp3) is 0.0526. The molecule has 0 atom stereocenters.